The maximum absolute atomic E-state index is 11.4. The lowest BCUT2D eigenvalue weighted by Gasteiger charge is -2.08. The van der Waals surface area contributed by atoms with E-state index >= 15 is 0 Å². The molecule has 0 aliphatic rings. The van der Waals surface area contributed by atoms with Gasteiger partial charge in [-0.25, -0.2) is 9.78 Å². The number of unbranched alkanes of at least 4 members (excludes halogenated alkanes) is 9. The average molecular weight is 357 g/mol. The van der Waals surface area contributed by atoms with Crippen molar-refractivity contribution in [1.82, 2.24) is 4.98 Å². The zero-order valence-corrected chi connectivity index (χ0v) is 15.9. The Hall–Kier alpha value is -2.10. The quantitative estimate of drug-likeness (QED) is 0.431. The summed E-state index contributed by atoms with van der Waals surface area (Å²) in [7, 11) is 0. The Labute approximate surface area is 156 Å². The van der Waals surface area contributed by atoms with Gasteiger partial charge in [-0.15, -0.1) is 0 Å². The highest BCUT2D eigenvalue weighted by atomic mass is 16.5. The number of carboxylic acids is 1. The van der Waals surface area contributed by atoms with E-state index in [0.717, 1.165) is 12.8 Å². The highest BCUT2D eigenvalue weighted by molar-refractivity contribution is 6.02. The maximum atomic E-state index is 11.4. The highest BCUT2D eigenvalue weighted by Gasteiger charge is 2.12. The fraction of sp³-hybridized carbons (Fsp3) is 0.545. The SMILES string of the molecule is CCCCCCCCCCCCOc1cc(C(=O)O)c2ccccc2n1. The molecule has 2 aromatic rings. The molecular formula is C22H31NO3. The molecule has 0 aliphatic heterocycles. The first-order valence-corrected chi connectivity index (χ1v) is 9.98. The Morgan fingerprint density at radius 1 is 0.962 bits per heavy atom. The molecule has 0 bridgehead atoms. The van der Waals surface area contributed by atoms with Crippen LogP contribution in [0.3, 0.4) is 0 Å². The molecule has 0 unspecified atom stereocenters. The first-order valence-electron chi connectivity index (χ1n) is 9.98. The van der Waals surface area contributed by atoms with Gasteiger partial charge in [0.15, 0.2) is 0 Å². The van der Waals surface area contributed by atoms with Crippen LogP contribution in [-0.2, 0) is 0 Å². The van der Waals surface area contributed by atoms with Crippen molar-refractivity contribution in [3.8, 4) is 5.88 Å². The molecule has 0 saturated carbocycles. The minimum atomic E-state index is -0.951. The molecule has 0 amide bonds. The normalized spacial score (nSPS) is 11.0. The molecule has 0 aliphatic carbocycles. The summed E-state index contributed by atoms with van der Waals surface area (Å²) >= 11 is 0. The number of aromatic carboxylic acids is 1. The van der Waals surface area contributed by atoms with Crippen LogP contribution in [0.25, 0.3) is 10.9 Å². The third-order valence-corrected chi connectivity index (χ3v) is 4.67. The summed E-state index contributed by atoms with van der Waals surface area (Å²) < 4.78 is 5.70. The maximum Gasteiger partial charge on any atom is 0.336 e. The number of para-hydroxylation sites is 1. The molecule has 1 aromatic carbocycles. The van der Waals surface area contributed by atoms with Gasteiger partial charge in [-0.05, 0) is 12.5 Å². The number of pyridine rings is 1. The lowest BCUT2D eigenvalue weighted by atomic mass is 10.1. The summed E-state index contributed by atoms with van der Waals surface area (Å²) in [6.07, 6.45) is 12.8. The van der Waals surface area contributed by atoms with Crippen molar-refractivity contribution >= 4 is 16.9 Å². The van der Waals surface area contributed by atoms with E-state index in [1.807, 2.05) is 18.2 Å². The predicted molar refractivity (Wildman–Crippen MR) is 106 cm³/mol. The monoisotopic (exact) mass is 357 g/mol. The molecule has 26 heavy (non-hydrogen) atoms. The second kappa shape index (κ2) is 11.5. The van der Waals surface area contributed by atoms with Crippen LogP contribution in [0.1, 0.15) is 81.5 Å². The molecule has 0 radical (unpaired) electrons. The molecule has 4 nitrogen and oxygen atoms in total. The number of ether oxygens (including phenoxy) is 1. The Kier molecular flexibility index (Phi) is 8.94. The highest BCUT2D eigenvalue weighted by Crippen LogP contribution is 2.22. The zero-order chi connectivity index (χ0) is 18.6. The van der Waals surface area contributed by atoms with Crippen molar-refractivity contribution < 1.29 is 14.6 Å². The predicted octanol–water partition coefficient (Wildman–Crippen LogP) is 6.23. The third-order valence-electron chi connectivity index (χ3n) is 4.67. The van der Waals surface area contributed by atoms with E-state index in [9.17, 15) is 9.90 Å². The Morgan fingerprint density at radius 2 is 1.58 bits per heavy atom. The van der Waals surface area contributed by atoms with Crippen molar-refractivity contribution in [2.24, 2.45) is 0 Å². The molecule has 1 heterocycles. The average Bonchev–Trinajstić information content (AvgIpc) is 2.65. The second-order valence-electron chi connectivity index (χ2n) is 6.86. The van der Waals surface area contributed by atoms with Crippen LogP contribution in [0.15, 0.2) is 30.3 Å². The number of hydrogen-bond acceptors (Lipinski definition) is 3. The summed E-state index contributed by atoms with van der Waals surface area (Å²) in [5.74, 6) is -0.551. The van der Waals surface area contributed by atoms with Crippen LogP contribution in [-0.4, -0.2) is 22.7 Å². The summed E-state index contributed by atoms with van der Waals surface area (Å²) in [5.41, 5.74) is 0.902. The van der Waals surface area contributed by atoms with Gasteiger partial charge < -0.3 is 9.84 Å². The molecule has 1 N–H and O–H groups in total. The smallest absolute Gasteiger partial charge is 0.336 e. The lowest BCUT2D eigenvalue weighted by molar-refractivity contribution is 0.0698. The summed E-state index contributed by atoms with van der Waals surface area (Å²) in [4.78, 5) is 15.9. The van der Waals surface area contributed by atoms with Crippen LogP contribution in [0.2, 0.25) is 0 Å². The van der Waals surface area contributed by atoms with Crippen molar-refractivity contribution in [2.45, 2.75) is 71.1 Å². The van der Waals surface area contributed by atoms with Crippen LogP contribution >= 0.6 is 0 Å². The first-order chi connectivity index (χ1) is 12.7. The Balaban J connectivity index is 1.68. The number of nitrogens with zero attached hydrogens (tertiary/aromatic N) is 1. The van der Waals surface area contributed by atoms with Gasteiger partial charge >= 0.3 is 5.97 Å². The lowest BCUT2D eigenvalue weighted by Crippen LogP contribution is -2.03. The summed E-state index contributed by atoms with van der Waals surface area (Å²) in [5, 5.41) is 10.0. The van der Waals surface area contributed by atoms with Gasteiger partial charge in [0.25, 0.3) is 0 Å². The fourth-order valence-electron chi connectivity index (χ4n) is 3.17. The van der Waals surface area contributed by atoms with Gasteiger partial charge in [0.2, 0.25) is 5.88 Å². The first kappa shape index (κ1) is 20.2. The van der Waals surface area contributed by atoms with E-state index < -0.39 is 5.97 Å². The Bertz CT molecular complexity index is 684. The Morgan fingerprint density at radius 3 is 2.23 bits per heavy atom. The van der Waals surface area contributed by atoms with Crippen molar-refractivity contribution in [3.05, 3.63) is 35.9 Å². The molecule has 0 atom stereocenters. The summed E-state index contributed by atoms with van der Waals surface area (Å²) in [6, 6.07) is 8.79. The number of carbonyl (C=O) groups is 1. The van der Waals surface area contributed by atoms with Gasteiger partial charge in [0.1, 0.15) is 0 Å². The number of rotatable bonds is 13. The number of hydrogen-bond donors (Lipinski definition) is 1. The zero-order valence-electron chi connectivity index (χ0n) is 15.9. The van der Waals surface area contributed by atoms with Crippen molar-refractivity contribution in [1.29, 1.82) is 0 Å². The standard InChI is InChI=1S/C22H31NO3/c1-2-3-4-5-6-7-8-9-10-13-16-26-21-17-19(22(24)25)18-14-11-12-15-20(18)23-21/h11-12,14-15,17H,2-10,13,16H2,1H3,(H,24,25). The molecule has 0 fully saturated rings. The molecule has 142 valence electrons. The molecule has 1 aromatic heterocycles. The van der Waals surface area contributed by atoms with E-state index in [1.165, 1.54) is 57.4 Å². The molecule has 4 heteroatoms. The van der Waals surface area contributed by atoms with Crippen LogP contribution in [0.4, 0.5) is 0 Å². The van der Waals surface area contributed by atoms with Gasteiger partial charge in [0, 0.05) is 11.5 Å². The van der Waals surface area contributed by atoms with Gasteiger partial charge in [-0.2, -0.15) is 0 Å². The van der Waals surface area contributed by atoms with Crippen LogP contribution in [0.5, 0.6) is 5.88 Å². The van der Waals surface area contributed by atoms with Crippen LogP contribution in [0, 0.1) is 0 Å². The molecule has 2 rings (SSSR count). The van der Waals surface area contributed by atoms with E-state index in [0.29, 0.717) is 23.4 Å². The number of carboxylic acid groups (broad SMARTS) is 1. The van der Waals surface area contributed by atoms with E-state index in [4.69, 9.17) is 4.74 Å². The minimum absolute atomic E-state index is 0.244. The number of benzene rings is 1. The van der Waals surface area contributed by atoms with Crippen molar-refractivity contribution in [3.63, 3.8) is 0 Å². The van der Waals surface area contributed by atoms with Gasteiger partial charge in [-0.1, -0.05) is 82.9 Å². The van der Waals surface area contributed by atoms with Crippen molar-refractivity contribution in [2.75, 3.05) is 6.61 Å². The van der Waals surface area contributed by atoms with E-state index in [-0.39, 0.29) is 5.56 Å². The topological polar surface area (TPSA) is 59.4 Å². The largest absolute Gasteiger partial charge is 0.478 e. The summed E-state index contributed by atoms with van der Waals surface area (Å²) in [6.45, 7) is 2.83. The molecular weight excluding hydrogens is 326 g/mol. The number of aromatic nitrogens is 1. The van der Waals surface area contributed by atoms with Gasteiger partial charge in [0.05, 0.1) is 17.7 Å². The third kappa shape index (κ3) is 6.66. The fourth-order valence-corrected chi connectivity index (χ4v) is 3.17. The second-order valence-corrected chi connectivity index (χ2v) is 6.86. The molecule has 0 saturated heterocycles. The van der Waals surface area contributed by atoms with E-state index in [1.54, 1.807) is 6.07 Å². The van der Waals surface area contributed by atoms with E-state index in [2.05, 4.69) is 11.9 Å². The number of fused-ring (bicyclic) bond motifs is 1. The minimum Gasteiger partial charge on any atom is -0.478 e. The molecule has 0 spiro atoms. The van der Waals surface area contributed by atoms with Gasteiger partial charge in [-0.3, -0.25) is 0 Å². The van der Waals surface area contributed by atoms with Crippen LogP contribution < -0.4 is 4.74 Å².